The summed E-state index contributed by atoms with van der Waals surface area (Å²) in [4.78, 5) is 16.8. The third kappa shape index (κ3) is 3.33. The van der Waals surface area contributed by atoms with Gasteiger partial charge in [-0.25, -0.2) is 0 Å². The number of carbonyl (C=O) groups excluding carboxylic acids is 1. The zero-order valence-corrected chi connectivity index (χ0v) is 14.2. The molecule has 0 bridgehead atoms. The molecule has 1 amide bonds. The molecule has 2 aromatic carbocycles. The van der Waals surface area contributed by atoms with Crippen molar-refractivity contribution in [3.05, 3.63) is 65.4 Å². The Balaban J connectivity index is 1.46. The van der Waals surface area contributed by atoms with Crippen molar-refractivity contribution in [1.82, 2.24) is 4.98 Å². The van der Waals surface area contributed by atoms with Gasteiger partial charge in [0.25, 0.3) is 5.91 Å². The van der Waals surface area contributed by atoms with Crippen molar-refractivity contribution >= 4 is 22.5 Å². The van der Waals surface area contributed by atoms with Crippen LogP contribution in [0, 0.1) is 6.92 Å². The fourth-order valence-electron chi connectivity index (χ4n) is 3.38. The van der Waals surface area contributed by atoms with Crippen LogP contribution in [0.4, 0.5) is 5.69 Å². The van der Waals surface area contributed by atoms with Gasteiger partial charge in [0.1, 0.15) is 5.75 Å². The second-order valence-electron chi connectivity index (χ2n) is 6.45. The summed E-state index contributed by atoms with van der Waals surface area (Å²) in [5.41, 5.74) is 5.25. The van der Waals surface area contributed by atoms with Crippen molar-refractivity contribution < 1.29 is 9.53 Å². The van der Waals surface area contributed by atoms with E-state index in [9.17, 15) is 4.79 Å². The first kappa shape index (κ1) is 15.6. The average molecular weight is 332 g/mol. The summed E-state index contributed by atoms with van der Waals surface area (Å²) >= 11 is 0. The van der Waals surface area contributed by atoms with E-state index in [2.05, 4.69) is 22.4 Å². The lowest BCUT2D eigenvalue weighted by Crippen LogP contribution is -2.20. The number of anilines is 1. The molecule has 0 unspecified atom stereocenters. The Morgan fingerprint density at radius 2 is 1.96 bits per heavy atom. The van der Waals surface area contributed by atoms with E-state index >= 15 is 0 Å². The minimum atomic E-state index is -0.170. The van der Waals surface area contributed by atoms with Crippen molar-refractivity contribution in [2.45, 2.75) is 26.2 Å². The molecule has 1 N–H and O–H groups in total. The molecule has 4 nitrogen and oxygen atoms in total. The summed E-state index contributed by atoms with van der Waals surface area (Å²) in [6.45, 7) is 1.91. The van der Waals surface area contributed by atoms with Crippen LogP contribution in [-0.2, 0) is 17.6 Å². The highest BCUT2D eigenvalue weighted by atomic mass is 16.5. The minimum Gasteiger partial charge on any atom is -0.484 e. The van der Waals surface area contributed by atoms with Gasteiger partial charge in [0.2, 0.25) is 0 Å². The first-order valence-electron chi connectivity index (χ1n) is 8.60. The van der Waals surface area contributed by atoms with Gasteiger partial charge in [-0.15, -0.1) is 0 Å². The predicted molar refractivity (Wildman–Crippen MR) is 99.1 cm³/mol. The number of aryl methyl sites for hydroxylation is 3. The number of nitrogens with one attached hydrogen (secondary N) is 1. The molecular formula is C21H20N2O2. The van der Waals surface area contributed by atoms with Crippen molar-refractivity contribution in [3.63, 3.8) is 0 Å². The van der Waals surface area contributed by atoms with Gasteiger partial charge in [-0.3, -0.25) is 9.78 Å². The minimum absolute atomic E-state index is 0.00547. The van der Waals surface area contributed by atoms with Gasteiger partial charge in [0, 0.05) is 11.1 Å². The van der Waals surface area contributed by atoms with E-state index in [1.165, 1.54) is 17.5 Å². The fourth-order valence-corrected chi connectivity index (χ4v) is 3.38. The lowest BCUT2D eigenvalue weighted by atomic mass is 10.1. The molecule has 0 spiro atoms. The maximum atomic E-state index is 12.3. The smallest absolute Gasteiger partial charge is 0.262 e. The van der Waals surface area contributed by atoms with Gasteiger partial charge in [-0.05, 0) is 61.6 Å². The zero-order chi connectivity index (χ0) is 17.2. The Morgan fingerprint density at radius 1 is 1.12 bits per heavy atom. The standard InChI is InChI=1S/C21H20N2O2/c1-14-11-20(18-7-2-3-8-19(18)22-14)23-21(24)13-25-17-10-9-15-5-4-6-16(15)12-17/h2-3,7-12H,4-6,13H2,1H3,(H,22,23,24). The van der Waals surface area contributed by atoms with E-state index in [0.29, 0.717) is 0 Å². The molecule has 126 valence electrons. The molecule has 0 radical (unpaired) electrons. The number of benzene rings is 2. The van der Waals surface area contributed by atoms with E-state index < -0.39 is 0 Å². The Morgan fingerprint density at radius 3 is 2.88 bits per heavy atom. The number of para-hydroxylation sites is 1. The van der Waals surface area contributed by atoms with E-state index in [0.717, 1.165) is 40.9 Å². The highest BCUT2D eigenvalue weighted by Gasteiger charge is 2.12. The lowest BCUT2D eigenvalue weighted by Gasteiger charge is -2.11. The summed E-state index contributed by atoms with van der Waals surface area (Å²) < 4.78 is 5.68. The maximum Gasteiger partial charge on any atom is 0.262 e. The van der Waals surface area contributed by atoms with Gasteiger partial charge in [-0.1, -0.05) is 24.3 Å². The second kappa shape index (κ2) is 6.55. The van der Waals surface area contributed by atoms with E-state index in [4.69, 9.17) is 4.74 Å². The van der Waals surface area contributed by atoms with Gasteiger partial charge < -0.3 is 10.1 Å². The number of amides is 1. The van der Waals surface area contributed by atoms with Crippen molar-refractivity contribution in [3.8, 4) is 5.75 Å². The summed E-state index contributed by atoms with van der Waals surface area (Å²) in [6.07, 6.45) is 3.44. The molecule has 0 fully saturated rings. The van der Waals surface area contributed by atoms with Gasteiger partial charge >= 0.3 is 0 Å². The van der Waals surface area contributed by atoms with Crippen LogP contribution in [-0.4, -0.2) is 17.5 Å². The normalized spacial score (nSPS) is 12.8. The Hall–Kier alpha value is -2.88. The number of carbonyl (C=O) groups is 1. The molecule has 1 aromatic heterocycles. The fraction of sp³-hybridized carbons (Fsp3) is 0.238. The molecule has 4 rings (SSSR count). The summed E-state index contributed by atoms with van der Waals surface area (Å²) in [5, 5.41) is 3.87. The number of rotatable bonds is 4. The van der Waals surface area contributed by atoms with Crippen molar-refractivity contribution in [2.75, 3.05) is 11.9 Å². The third-order valence-electron chi connectivity index (χ3n) is 4.56. The van der Waals surface area contributed by atoms with Crippen LogP contribution in [0.2, 0.25) is 0 Å². The van der Waals surface area contributed by atoms with Gasteiger partial charge in [0.05, 0.1) is 11.2 Å². The maximum absolute atomic E-state index is 12.3. The summed E-state index contributed by atoms with van der Waals surface area (Å²) in [7, 11) is 0. The molecular weight excluding hydrogens is 312 g/mol. The molecule has 1 aliphatic rings. The average Bonchev–Trinajstić information content (AvgIpc) is 3.07. The molecule has 3 aromatic rings. The van der Waals surface area contributed by atoms with Crippen LogP contribution in [0.25, 0.3) is 10.9 Å². The largest absolute Gasteiger partial charge is 0.484 e. The van der Waals surface area contributed by atoms with Crippen LogP contribution >= 0.6 is 0 Å². The Labute approximate surface area is 146 Å². The number of nitrogens with zero attached hydrogens (tertiary/aromatic N) is 1. The summed E-state index contributed by atoms with van der Waals surface area (Å²) in [5.74, 6) is 0.586. The van der Waals surface area contributed by atoms with Crippen LogP contribution in [0.5, 0.6) is 5.75 Å². The predicted octanol–water partition coefficient (Wildman–Crippen LogP) is 4.05. The number of aromatic nitrogens is 1. The highest BCUT2D eigenvalue weighted by Crippen LogP contribution is 2.26. The number of fused-ring (bicyclic) bond motifs is 2. The molecule has 25 heavy (non-hydrogen) atoms. The van der Waals surface area contributed by atoms with E-state index in [1.807, 2.05) is 43.3 Å². The first-order chi connectivity index (χ1) is 12.2. The SMILES string of the molecule is Cc1cc(NC(=O)COc2ccc3c(c2)CCC3)c2ccccc2n1. The van der Waals surface area contributed by atoms with E-state index in [1.54, 1.807) is 0 Å². The van der Waals surface area contributed by atoms with Crippen molar-refractivity contribution in [1.29, 1.82) is 0 Å². The Kier molecular flexibility index (Phi) is 4.10. The molecule has 1 heterocycles. The third-order valence-corrected chi connectivity index (χ3v) is 4.56. The lowest BCUT2D eigenvalue weighted by molar-refractivity contribution is -0.118. The van der Waals surface area contributed by atoms with Crippen LogP contribution in [0.1, 0.15) is 23.2 Å². The van der Waals surface area contributed by atoms with E-state index in [-0.39, 0.29) is 12.5 Å². The number of pyridine rings is 1. The molecule has 0 saturated carbocycles. The molecule has 0 aliphatic heterocycles. The van der Waals surface area contributed by atoms with Crippen LogP contribution in [0.15, 0.2) is 48.5 Å². The number of ether oxygens (including phenoxy) is 1. The quantitative estimate of drug-likeness (QED) is 0.784. The molecule has 0 atom stereocenters. The summed E-state index contributed by atoms with van der Waals surface area (Å²) in [6, 6.07) is 15.8. The van der Waals surface area contributed by atoms with Gasteiger partial charge in [-0.2, -0.15) is 0 Å². The van der Waals surface area contributed by atoms with Gasteiger partial charge in [0.15, 0.2) is 6.61 Å². The number of hydrogen-bond donors (Lipinski definition) is 1. The number of hydrogen-bond acceptors (Lipinski definition) is 3. The van der Waals surface area contributed by atoms with Crippen molar-refractivity contribution in [2.24, 2.45) is 0 Å². The molecule has 0 saturated heterocycles. The van der Waals surface area contributed by atoms with Crippen LogP contribution < -0.4 is 10.1 Å². The zero-order valence-electron chi connectivity index (χ0n) is 14.2. The topological polar surface area (TPSA) is 51.2 Å². The van der Waals surface area contributed by atoms with Crippen LogP contribution in [0.3, 0.4) is 0 Å². The Bertz CT molecular complexity index is 950. The second-order valence-corrected chi connectivity index (χ2v) is 6.45. The monoisotopic (exact) mass is 332 g/mol. The molecule has 4 heteroatoms. The first-order valence-corrected chi connectivity index (χ1v) is 8.60. The molecule has 1 aliphatic carbocycles. The highest BCUT2D eigenvalue weighted by molar-refractivity contribution is 6.01.